The van der Waals surface area contributed by atoms with Gasteiger partial charge >= 0.3 is 5.97 Å². The minimum Gasteiger partial charge on any atom is -0.451 e. The van der Waals surface area contributed by atoms with Crippen LogP contribution >= 0.6 is 11.6 Å². The molecule has 1 amide bonds. The second-order valence-corrected chi connectivity index (χ2v) is 5.76. The van der Waals surface area contributed by atoms with Crippen molar-refractivity contribution in [3.63, 3.8) is 0 Å². The number of carbonyl (C=O) groups excluding carboxylic acids is 2. The summed E-state index contributed by atoms with van der Waals surface area (Å²) < 4.78 is 5.00. The van der Waals surface area contributed by atoms with Crippen molar-refractivity contribution in [2.24, 2.45) is 0 Å². The van der Waals surface area contributed by atoms with Crippen molar-refractivity contribution in [1.82, 2.24) is 9.97 Å². The first-order chi connectivity index (χ1) is 11.3. The molecule has 0 unspecified atom stereocenters. The third-order valence-corrected chi connectivity index (χ3v) is 3.67. The number of hydrogen-bond acceptors (Lipinski definition) is 5. The molecule has 2 aromatic rings. The molecule has 2 aromatic heterocycles. The van der Waals surface area contributed by atoms with Crippen molar-refractivity contribution in [2.45, 2.75) is 26.9 Å². The number of aliphatic hydroxyl groups excluding tert-OH is 1. The fourth-order valence-electron chi connectivity index (χ4n) is 2.43. The Hall–Kier alpha value is -2.38. The Bertz CT molecular complexity index is 753. The van der Waals surface area contributed by atoms with Gasteiger partial charge in [-0.05, 0) is 38.5 Å². The monoisotopic (exact) mass is 351 g/mol. The molecule has 0 bridgehead atoms. The van der Waals surface area contributed by atoms with Crippen LogP contribution in [0.2, 0.25) is 5.02 Å². The number of hydrogen-bond donors (Lipinski definition) is 3. The SMILES string of the molecule is Cc1[nH]c(C(=O)OCC(=O)Nc2ccc(Cl)cn2)c(C)c1[C@@H](C)O. The maximum Gasteiger partial charge on any atom is 0.355 e. The Balaban J connectivity index is 1.97. The number of rotatable bonds is 5. The van der Waals surface area contributed by atoms with Crippen LogP contribution < -0.4 is 5.32 Å². The molecular formula is C16H18ClN3O4. The van der Waals surface area contributed by atoms with E-state index in [9.17, 15) is 14.7 Å². The zero-order valence-corrected chi connectivity index (χ0v) is 14.3. The molecule has 24 heavy (non-hydrogen) atoms. The molecule has 0 aliphatic heterocycles. The van der Waals surface area contributed by atoms with Gasteiger partial charge in [-0.1, -0.05) is 11.6 Å². The number of nitrogens with one attached hydrogen (secondary N) is 2. The molecule has 7 nitrogen and oxygen atoms in total. The summed E-state index contributed by atoms with van der Waals surface area (Å²) in [5, 5.41) is 12.7. The molecule has 128 valence electrons. The van der Waals surface area contributed by atoms with E-state index in [0.29, 0.717) is 27.7 Å². The van der Waals surface area contributed by atoms with Crippen molar-refractivity contribution in [1.29, 1.82) is 0 Å². The maximum absolute atomic E-state index is 12.1. The van der Waals surface area contributed by atoms with E-state index in [1.807, 2.05) is 0 Å². The molecule has 0 saturated carbocycles. The van der Waals surface area contributed by atoms with Gasteiger partial charge in [0.05, 0.1) is 11.1 Å². The van der Waals surface area contributed by atoms with E-state index in [2.05, 4.69) is 15.3 Å². The molecule has 0 spiro atoms. The summed E-state index contributed by atoms with van der Waals surface area (Å²) in [6.07, 6.45) is 0.688. The molecule has 0 radical (unpaired) electrons. The molecule has 2 rings (SSSR count). The minimum atomic E-state index is -0.706. The molecular weight excluding hydrogens is 334 g/mol. The summed E-state index contributed by atoms with van der Waals surface area (Å²) in [5.41, 5.74) is 2.16. The van der Waals surface area contributed by atoms with E-state index in [1.165, 1.54) is 12.3 Å². The quantitative estimate of drug-likeness (QED) is 0.718. The van der Waals surface area contributed by atoms with Gasteiger partial charge in [0, 0.05) is 17.5 Å². The molecule has 0 fully saturated rings. The highest BCUT2D eigenvalue weighted by Gasteiger charge is 2.21. The number of carbonyl (C=O) groups is 2. The van der Waals surface area contributed by atoms with E-state index in [-0.39, 0.29) is 5.69 Å². The lowest BCUT2D eigenvalue weighted by Crippen LogP contribution is -2.21. The lowest BCUT2D eigenvalue weighted by Gasteiger charge is -2.07. The van der Waals surface area contributed by atoms with Gasteiger partial charge in [-0.25, -0.2) is 9.78 Å². The smallest absolute Gasteiger partial charge is 0.355 e. The molecule has 3 N–H and O–H groups in total. The van der Waals surface area contributed by atoms with Gasteiger partial charge in [-0.2, -0.15) is 0 Å². The predicted molar refractivity (Wildman–Crippen MR) is 89.1 cm³/mol. The van der Waals surface area contributed by atoms with E-state index in [0.717, 1.165) is 0 Å². The standard InChI is InChI=1S/C16H18ClN3O4/c1-8-14(10(3)21)9(2)19-15(8)16(23)24-7-13(22)20-12-5-4-11(17)6-18-12/h4-6,10,19,21H,7H2,1-3H3,(H,18,20,22)/t10-/m1/s1. The largest absolute Gasteiger partial charge is 0.451 e. The molecule has 0 saturated heterocycles. The summed E-state index contributed by atoms with van der Waals surface area (Å²) in [5.74, 6) is -0.875. The summed E-state index contributed by atoms with van der Waals surface area (Å²) in [6, 6.07) is 3.12. The predicted octanol–water partition coefficient (Wildman–Crippen LogP) is 2.53. The van der Waals surface area contributed by atoms with Crippen LogP contribution in [-0.2, 0) is 9.53 Å². The van der Waals surface area contributed by atoms with Crippen molar-refractivity contribution in [3.05, 3.63) is 45.9 Å². The Morgan fingerprint density at radius 2 is 2.12 bits per heavy atom. The van der Waals surface area contributed by atoms with Crippen LogP contribution in [0, 0.1) is 13.8 Å². The second kappa shape index (κ2) is 7.46. The van der Waals surface area contributed by atoms with Crippen LogP contribution in [-0.4, -0.2) is 33.6 Å². The molecule has 0 aliphatic rings. The number of amides is 1. The number of H-pyrrole nitrogens is 1. The maximum atomic E-state index is 12.1. The molecule has 0 aromatic carbocycles. The lowest BCUT2D eigenvalue weighted by molar-refractivity contribution is -0.119. The van der Waals surface area contributed by atoms with Crippen LogP contribution in [0.3, 0.4) is 0 Å². The number of anilines is 1. The molecule has 1 atom stereocenters. The van der Waals surface area contributed by atoms with Crippen molar-refractivity contribution >= 4 is 29.3 Å². The van der Waals surface area contributed by atoms with Crippen LogP contribution in [0.5, 0.6) is 0 Å². The van der Waals surface area contributed by atoms with E-state index < -0.39 is 24.6 Å². The van der Waals surface area contributed by atoms with Gasteiger partial charge in [0.25, 0.3) is 5.91 Å². The van der Waals surface area contributed by atoms with Crippen molar-refractivity contribution < 1.29 is 19.4 Å². The van der Waals surface area contributed by atoms with Gasteiger partial charge in [0.2, 0.25) is 0 Å². The topological polar surface area (TPSA) is 104 Å². The zero-order chi connectivity index (χ0) is 17.9. The average molecular weight is 352 g/mol. The van der Waals surface area contributed by atoms with Gasteiger partial charge in [-0.3, -0.25) is 4.79 Å². The number of aromatic amines is 1. The third kappa shape index (κ3) is 4.12. The Labute approximate surface area is 144 Å². The van der Waals surface area contributed by atoms with Crippen LogP contribution in [0.15, 0.2) is 18.3 Å². The number of aromatic nitrogens is 2. The van der Waals surface area contributed by atoms with Crippen LogP contribution in [0.25, 0.3) is 0 Å². The van der Waals surface area contributed by atoms with Gasteiger partial charge in [-0.15, -0.1) is 0 Å². The van der Waals surface area contributed by atoms with Crippen molar-refractivity contribution in [3.8, 4) is 0 Å². The first-order valence-corrected chi connectivity index (χ1v) is 7.63. The normalized spacial score (nSPS) is 11.9. The fourth-order valence-corrected chi connectivity index (χ4v) is 2.54. The van der Waals surface area contributed by atoms with E-state index >= 15 is 0 Å². The Morgan fingerprint density at radius 1 is 1.42 bits per heavy atom. The molecule has 0 aliphatic carbocycles. The Kier molecular flexibility index (Phi) is 5.58. The minimum absolute atomic E-state index is 0.223. The number of esters is 1. The van der Waals surface area contributed by atoms with Gasteiger partial charge in [0.1, 0.15) is 11.5 Å². The first kappa shape index (κ1) is 18.0. The number of halogens is 1. The molecule has 8 heteroatoms. The van der Waals surface area contributed by atoms with Gasteiger partial charge < -0.3 is 20.1 Å². The number of ether oxygens (including phenoxy) is 1. The number of nitrogens with zero attached hydrogens (tertiary/aromatic N) is 1. The van der Waals surface area contributed by atoms with E-state index in [4.69, 9.17) is 16.3 Å². The zero-order valence-electron chi connectivity index (χ0n) is 13.5. The summed E-state index contributed by atoms with van der Waals surface area (Å²) in [4.78, 5) is 30.7. The average Bonchev–Trinajstić information content (AvgIpc) is 2.82. The summed E-state index contributed by atoms with van der Waals surface area (Å²) in [7, 11) is 0. The lowest BCUT2D eigenvalue weighted by atomic mass is 10.1. The summed E-state index contributed by atoms with van der Waals surface area (Å²) in [6.45, 7) is 4.63. The number of pyridine rings is 1. The van der Waals surface area contributed by atoms with Gasteiger partial charge in [0.15, 0.2) is 6.61 Å². The summed E-state index contributed by atoms with van der Waals surface area (Å²) >= 11 is 5.70. The van der Waals surface area contributed by atoms with Crippen LogP contribution in [0.4, 0.5) is 5.82 Å². The third-order valence-electron chi connectivity index (χ3n) is 3.45. The highest BCUT2D eigenvalue weighted by molar-refractivity contribution is 6.30. The molecule has 2 heterocycles. The first-order valence-electron chi connectivity index (χ1n) is 7.25. The highest BCUT2D eigenvalue weighted by Crippen LogP contribution is 2.24. The highest BCUT2D eigenvalue weighted by atomic mass is 35.5. The Morgan fingerprint density at radius 3 is 2.67 bits per heavy atom. The fraction of sp³-hybridized carbons (Fsp3) is 0.312. The van der Waals surface area contributed by atoms with Crippen LogP contribution in [0.1, 0.15) is 40.3 Å². The second-order valence-electron chi connectivity index (χ2n) is 5.33. The van der Waals surface area contributed by atoms with E-state index in [1.54, 1.807) is 26.8 Å². The number of aliphatic hydroxyl groups is 1. The number of aryl methyl sites for hydroxylation is 1. The van der Waals surface area contributed by atoms with Crippen molar-refractivity contribution in [2.75, 3.05) is 11.9 Å².